The molecular formula is C21H23N3O6S2. The lowest BCUT2D eigenvalue weighted by molar-refractivity contribution is -0.134. The van der Waals surface area contributed by atoms with Gasteiger partial charge in [0.1, 0.15) is 17.2 Å². The molecule has 1 fully saturated rings. The number of nitrogens with one attached hydrogen (secondary N) is 2. The third-order valence-electron chi connectivity index (χ3n) is 5.46. The van der Waals surface area contributed by atoms with Crippen molar-refractivity contribution >= 4 is 61.2 Å². The summed E-state index contributed by atoms with van der Waals surface area (Å²) >= 11 is 1.48. The maximum atomic E-state index is 13.6. The molecule has 3 N–H and O–H groups in total. The smallest absolute Gasteiger partial charge is 0.263 e. The Hall–Kier alpha value is -2.60. The van der Waals surface area contributed by atoms with Gasteiger partial charge in [-0.1, -0.05) is 0 Å². The molecule has 0 saturated carbocycles. The molecule has 1 atom stereocenters. The van der Waals surface area contributed by atoms with E-state index < -0.39 is 26.7 Å². The van der Waals surface area contributed by atoms with Gasteiger partial charge in [-0.15, -0.1) is 0 Å². The van der Waals surface area contributed by atoms with Crippen LogP contribution in [0.3, 0.4) is 0 Å². The number of nitrogens with zero attached hydrogens (tertiary/aromatic N) is 1. The van der Waals surface area contributed by atoms with Crippen LogP contribution in [0.5, 0.6) is 0 Å². The van der Waals surface area contributed by atoms with Gasteiger partial charge in [-0.2, -0.15) is 16.1 Å². The molecule has 2 amide bonds. The first kappa shape index (κ1) is 22.6. The van der Waals surface area contributed by atoms with Crippen molar-refractivity contribution in [3.8, 4) is 0 Å². The van der Waals surface area contributed by atoms with Gasteiger partial charge in [-0.05, 0) is 44.2 Å². The Labute approximate surface area is 189 Å². The van der Waals surface area contributed by atoms with E-state index in [2.05, 4.69) is 5.32 Å². The molecule has 2 heterocycles. The Balaban J connectivity index is 1.80. The fraction of sp³-hybridized carbons (Fsp3) is 0.333. The van der Waals surface area contributed by atoms with Gasteiger partial charge in [0.2, 0.25) is 15.9 Å². The third-order valence-corrected chi connectivity index (χ3v) is 8.67. The first-order chi connectivity index (χ1) is 15.0. The highest BCUT2D eigenvalue weighted by atomic mass is 32.2. The van der Waals surface area contributed by atoms with Crippen molar-refractivity contribution < 1.29 is 27.6 Å². The van der Waals surface area contributed by atoms with Gasteiger partial charge in [-0.25, -0.2) is 13.9 Å². The second-order valence-corrected chi connectivity index (χ2v) is 11.7. The fourth-order valence-corrected chi connectivity index (χ4v) is 7.19. The van der Waals surface area contributed by atoms with Gasteiger partial charge < -0.3 is 9.73 Å². The summed E-state index contributed by atoms with van der Waals surface area (Å²) in [5.41, 5.74) is 3.19. The molecule has 0 radical (unpaired) electrons. The molecule has 32 heavy (non-hydrogen) atoms. The zero-order chi connectivity index (χ0) is 23.3. The van der Waals surface area contributed by atoms with Crippen molar-refractivity contribution in [2.75, 3.05) is 17.6 Å². The number of rotatable bonds is 4. The topological polar surface area (TPSA) is 129 Å². The Kier molecular flexibility index (Phi) is 5.70. The van der Waals surface area contributed by atoms with Crippen LogP contribution in [0, 0.1) is 0 Å². The van der Waals surface area contributed by atoms with E-state index in [1.807, 2.05) is 0 Å². The average molecular weight is 478 g/mol. The molecule has 0 bridgehead atoms. The average Bonchev–Trinajstić information content (AvgIpc) is 3.08. The van der Waals surface area contributed by atoms with Crippen molar-refractivity contribution in [1.29, 1.82) is 0 Å². The molecule has 4 rings (SSSR count). The van der Waals surface area contributed by atoms with Crippen LogP contribution in [0.2, 0.25) is 0 Å². The van der Waals surface area contributed by atoms with E-state index in [-0.39, 0.29) is 17.3 Å². The monoisotopic (exact) mass is 477 g/mol. The van der Waals surface area contributed by atoms with Gasteiger partial charge in [0.05, 0.1) is 4.90 Å². The van der Waals surface area contributed by atoms with Crippen LogP contribution in [-0.4, -0.2) is 52.8 Å². The Bertz CT molecular complexity index is 1330. The zero-order valence-corrected chi connectivity index (χ0v) is 19.3. The number of hydrogen-bond donors (Lipinski definition) is 3. The van der Waals surface area contributed by atoms with E-state index in [1.165, 1.54) is 30.8 Å². The molecule has 0 aliphatic carbocycles. The Morgan fingerprint density at radius 1 is 1.16 bits per heavy atom. The summed E-state index contributed by atoms with van der Waals surface area (Å²) in [4.78, 5) is 23.7. The van der Waals surface area contributed by atoms with Gasteiger partial charge in [0.25, 0.3) is 5.91 Å². The minimum absolute atomic E-state index is 0.0251. The predicted octanol–water partition coefficient (Wildman–Crippen LogP) is 2.93. The van der Waals surface area contributed by atoms with Crippen LogP contribution in [0.1, 0.15) is 20.8 Å². The molecule has 1 aliphatic rings. The summed E-state index contributed by atoms with van der Waals surface area (Å²) in [6, 6.07) is 8.61. The lowest BCUT2D eigenvalue weighted by Gasteiger charge is -2.43. The highest BCUT2D eigenvalue weighted by Gasteiger charge is 2.48. The molecule has 1 saturated heterocycles. The quantitative estimate of drug-likeness (QED) is 0.389. The Morgan fingerprint density at radius 3 is 2.59 bits per heavy atom. The van der Waals surface area contributed by atoms with E-state index in [9.17, 15) is 23.2 Å². The summed E-state index contributed by atoms with van der Waals surface area (Å²) < 4.78 is 33.4. The van der Waals surface area contributed by atoms with Gasteiger partial charge in [0.15, 0.2) is 0 Å². The van der Waals surface area contributed by atoms with Crippen molar-refractivity contribution in [1.82, 2.24) is 9.79 Å². The molecule has 1 aliphatic heterocycles. The standard InChI is InChI=1S/C21H23N3O6S2/c1-12(25)22-13-4-6-15-16-11-14(5-7-17(16)30-18(15)10-13)32(28,29)24-8-9-31-21(2,3)19(24)20(26)23-27/h4-7,10-11,19,27H,8-9H2,1-3H3,(H,22,25)(H,23,26). The first-order valence-electron chi connectivity index (χ1n) is 9.88. The first-order valence-corrected chi connectivity index (χ1v) is 12.3. The largest absolute Gasteiger partial charge is 0.456 e. The minimum Gasteiger partial charge on any atom is -0.456 e. The van der Waals surface area contributed by atoms with Crippen molar-refractivity contribution in [2.45, 2.75) is 36.5 Å². The molecule has 2 aromatic carbocycles. The number of carbonyl (C=O) groups is 2. The van der Waals surface area contributed by atoms with E-state index in [4.69, 9.17) is 4.42 Å². The second kappa shape index (κ2) is 8.07. The number of anilines is 1. The molecule has 0 spiro atoms. The van der Waals surface area contributed by atoms with Crippen LogP contribution >= 0.6 is 11.8 Å². The number of furan rings is 1. The predicted molar refractivity (Wildman–Crippen MR) is 122 cm³/mol. The number of benzene rings is 2. The van der Waals surface area contributed by atoms with Crippen molar-refractivity contribution in [3.05, 3.63) is 36.4 Å². The Morgan fingerprint density at radius 2 is 1.91 bits per heavy atom. The molecule has 170 valence electrons. The van der Waals surface area contributed by atoms with Crippen LogP contribution in [0.25, 0.3) is 21.9 Å². The van der Waals surface area contributed by atoms with E-state index in [0.29, 0.717) is 33.4 Å². The zero-order valence-electron chi connectivity index (χ0n) is 17.7. The molecule has 3 aromatic rings. The number of hydroxylamine groups is 1. The summed E-state index contributed by atoms with van der Waals surface area (Å²) in [7, 11) is -4.05. The number of hydrogen-bond acceptors (Lipinski definition) is 7. The highest BCUT2D eigenvalue weighted by molar-refractivity contribution is 8.01. The maximum absolute atomic E-state index is 13.6. The normalized spacial score (nSPS) is 19.2. The van der Waals surface area contributed by atoms with Crippen LogP contribution in [0.4, 0.5) is 5.69 Å². The van der Waals surface area contributed by atoms with Crippen LogP contribution in [0.15, 0.2) is 45.7 Å². The number of carbonyl (C=O) groups excluding carboxylic acids is 2. The number of sulfonamides is 1. The fourth-order valence-electron chi connectivity index (χ4n) is 4.05. The lowest BCUT2D eigenvalue weighted by atomic mass is 10.0. The van der Waals surface area contributed by atoms with E-state index in [0.717, 1.165) is 4.31 Å². The van der Waals surface area contributed by atoms with Crippen molar-refractivity contribution in [3.63, 3.8) is 0 Å². The summed E-state index contributed by atoms with van der Waals surface area (Å²) in [6.07, 6.45) is 0. The summed E-state index contributed by atoms with van der Waals surface area (Å²) in [5.74, 6) is -0.464. The van der Waals surface area contributed by atoms with E-state index >= 15 is 0 Å². The van der Waals surface area contributed by atoms with Crippen LogP contribution in [-0.2, 0) is 19.6 Å². The third kappa shape index (κ3) is 3.85. The van der Waals surface area contributed by atoms with Gasteiger partial charge in [0, 0.05) is 46.5 Å². The molecule has 1 unspecified atom stereocenters. The SMILES string of the molecule is CC(=O)Nc1ccc2c(c1)oc1ccc(S(=O)(=O)N3CCSC(C)(C)C3C(=O)NO)cc12. The van der Waals surface area contributed by atoms with E-state index in [1.54, 1.807) is 43.6 Å². The highest BCUT2D eigenvalue weighted by Crippen LogP contribution is 2.39. The molecule has 1 aromatic heterocycles. The summed E-state index contributed by atoms with van der Waals surface area (Å²) in [6.45, 7) is 5.10. The summed E-state index contributed by atoms with van der Waals surface area (Å²) in [5, 5.41) is 13.2. The van der Waals surface area contributed by atoms with Crippen molar-refractivity contribution in [2.24, 2.45) is 0 Å². The lowest BCUT2D eigenvalue weighted by Crippen LogP contribution is -2.61. The molecular weight excluding hydrogens is 454 g/mol. The van der Waals surface area contributed by atoms with Gasteiger partial charge in [-0.3, -0.25) is 14.8 Å². The maximum Gasteiger partial charge on any atom is 0.263 e. The second-order valence-electron chi connectivity index (χ2n) is 8.10. The number of thioether (sulfide) groups is 1. The minimum atomic E-state index is -4.05. The number of fused-ring (bicyclic) bond motifs is 3. The van der Waals surface area contributed by atoms with Gasteiger partial charge >= 0.3 is 0 Å². The molecule has 9 nitrogen and oxygen atoms in total. The molecule has 11 heteroatoms. The van der Waals surface area contributed by atoms with Crippen LogP contribution < -0.4 is 10.8 Å². The number of amides is 2.